The van der Waals surface area contributed by atoms with Crippen LogP contribution in [0.1, 0.15) is 30.3 Å². The van der Waals surface area contributed by atoms with Crippen LogP contribution in [0.25, 0.3) is 0 Å². The Bertz CT molecular complexity index is 755. The summed E-state index contributed by atoms with van der Waals surface area (Å²) < 4.78 is 26.9. The van der Waals surface area contributed by atoms with Gasteiger partial charge in [0.2, 0.25) is 5.91 Å². The van der Waals surface area contributed by atoms with Gasteiger partial charge in [0.15, 0.2) is 0 Å². The minimum Gasteiger partial charge on any atom is -0.348 e. The topological polar surface area (TPSA) is 75.3 Å². The van der Waals surface area contributed by atoms with Crippen molar-refractivity contribution in [3.05, 3.63) is 52.9 Å². The van der Waals surface area contributed by atoms with Crippen LogP contribution in [0.4, 0.5) is 0 Å². The van der Waals surface area contributed by atoms with Crippen molar-refractivity contribution in [1.29, 1.82) is 0 Å². The Hall–Kier alpha value is -1.70. The molecule has 0 fully saturated rings. The van der Waals surface area contributed by atoms with E-state index in [0.717, 1.165) is 16.9 Å². The van der Waals surface area contributed by atoms with Gasteiger partial charge in [-0.15, -0.1) is 11.3 Å². The highest BCUT2D eigenvalue weighted by Crippen LogP contribution is 2.21. The standard InChI is InChI=1S/C16H20N2O3S2/c1-3-14-9-10-16(22-14)23(20,21)17-11-15(19)18-12(2)13-7-5-4-6-8-13/h4-10,12,17H,3,11H2,1-2H3,(H,18,19). The maximum Gasteiger partial charge on any atom is 0.250 e. The van der Waals surface area contributed by atoms with Crippen LogP contribution >= 0.6 is 11.3 Å². The Morgan fingerprint density at radius 3 is 2.48 bits per heavy atom. The number of aryl methyl sites for hydroxylation is 1. The van der Waals surface area contributed by atoms with Gasteiger partial charge in [-0.1, -0.05) is 37.3 Å². The normalized spacial score (nSPS) is 12.8. The fourth-order valence-electron chi connectivity index (χ4n) is 2.04. The van der Waals surface area contributed by atoms with Gasteiger partial charge >= 0.3 is 0 Å². The van der Waals surface area contributed by atoms with Crippen LogP contribution in [0.2, 0.25) is 0 Å². The highest BCUT2D eigenvalue weighted by Gasteiger charge is 2.18. The van der Waals surface area contributed by atoms with Gasteiger partial charge in [-0.3, -0.25) is 4.79 Å². The van der Waals surface area contributed by atoms with E-state index in [1.165, 1.54) is 11.3 Å². The van der Waals surface area contributed by atoms with E-state index in [4.69, 9.17) is 0 Å². The molecule has 1 atom stereocenters. The molecular weight excluding hydrogens is 332 g/mol. The Kier molecular flexibility index (Phi) is 5.92. The number of rotatable bonds is 7. The quantitative estimate of drug-likeness (QED) is 0.804. The maximum atomic E-state index is 12.1. The molecule has 124 valence electrons. The number of hydrogen-bond acceptors (Lipinski definition) is 4. The van der Waals surface area contributed by atoms with E-state index in [0.29, 0.717) is 0 Å². The molecule has 1 aromatic heterocycles. The van der Waals surface area contributed by atoms with Crippen molar-refractivity contribution in [3.63, 3.8) is 0 Å². The third-order valence-corrected chi connectivity index (χ3v) is 6.47. The van der Waals surface area contributed by atoms with Crippen LogP contribution in [-0.4, -0.2) is 20.9 Å². The highest BCUT2D eigenvalue weighted by atomic mass is 32.2. The minimum atomic E-state index is -3.64. The maximum absolute atomic E-state index is 12.1. The summed E-state index contributed by atoms with van der Waals surface area (Å²) in [6.45, 7) is 3.54. The summed E-state index contributed by atoms with van der Waals surface area (Å²) in [7, 11) is -3.64. The molecule has 0 radical (unpaired) electrons. The van der Waals surface area contributed by atoms with Crippen LogP contribution in [0, 0.1) is 0 Å². The SMILES string of the molecule is CCc1ccc(S(=O)(=O)NCC(=O)NC(C)c2ccccc2)s1. The molecule has 0 saturated heterocycles. The Morgan fingerprint density at radius 1 is 1.17 bits per heavy atom. The van der Waals surface area contributed by atoms with Crippen molar-refractivity contribution < 1.29 is 13.2 Å². The van der Waals surface area contributed by atoms with E-state index >= 15 is 0 Å². The van der Waals surface area contributed by atoms with Gasteiger partial charge in [0.1, 0.15) is 4.21 Å². The molecule has 1 aromatic carbocycles. The molecular formula is C16H20N2O3S2. The minimum absolute atomic E-state index is 0.179. The largest absolute Gasteiger partial charge is 0.348 e. The average Bonchev–Trinajstić information content (AvgIpc) is 3.04. The molecule has 0 aliphatic carbocycles. The first-order valence-corrected chi connectivity index (χ1v) is 9.65. The molecule has 0 bridgehead atoms. The molecule has 5 nitrogen and oxygen atoms in total. The molecule has 1 heterocycles. The molecule has 0 aliphatic heterocycles. The zero-order chi connectivity index (χ0) is 16.9. The van der Waals surface area contributed by atoms with Crippen molar-refractivity contribution in [3.8, 4) is 0 Å². The smallest absolute Gasteiger partial charge is 0.250 e. The number of sulfonamides is 1. The Balaban J connectivity index is 1.91. The average molecular weight is 352 g/mol. The van der Waals surface area contributed by atoms with Gasteiger partial charge in [0.25, 0.3) is 10.0 Å². The highest BCUT2D eigenvalue weighted by molar-refractivity contribution is 7.91. The van der Waals surface area contributed by atoms with Crippen molar-refractivity contribution in [2.24, 2.45) is 0 Å². The summed E-state index contributed by atoms with van der Waals surface area (Å²) in [6, 6.07) is 12.7. The van der Waals surface area contributed by atoms with Gasteiger partial charge in [0.05, 0.1) is 12.6 Å². The first-order valence-electron chi connectivity index (χ1n) is 7.35. The summed E-state index contributed by atoms with van der Waals surface area (Å²) >= 11 is 1.22. The molecule has 0 spiro atoms. The van der Waals surface area contributed by atoms with Crippen molar-refractivity contribution in [2.75, 3.05) is 6.54 Å². The summed E-state index contributed by atoms with van der Waals surface area (Å²) in [5.41, 5.74) is 0.967. The number of carbonyl (C=O) groups excluding carboxylic acids is 1. The molecule has 2 N–H and O–H groups in total. The van der Waals surface area contributed by atoms with E-state index < -0.39 is 10.0 Å². The van der Waals surface area contributed by atoms with Gasteiger partial charge in [-0.25, -0.2) is 13.1 Å². The molecule has 1 unspecified atom stereocenters. The van der Waals surface area contributed by atoms with Crippen LogP contribution in [-0.2, 0) is 21.2 Å². The molecule has 2 rings (SSSR count). The second-order valence-corrected chi connectivity index (χ2v) is 8.26. The fraction of sp³-hybridized carbons (Fsp3) is 0.312. The van der Waals surface area contributed by atoms with E-state index in [1.807, 2.05) is 44.2 Å². The first kappa shape index (κ1) is 17.7. The Labute approximate surface area is 140 Å². The zero-order valence-electron chi connectivity index (χ0n) is 13.1. The number of thiophene rings is 1. The van der Waals surface area contributed by atoms with E-state index in [1.54, 1.807) is 12.1 Å². The second-order valence-electron chi connectivity index (χ2n) is 5.10. The molecule has 2 aromatic rings. The lowest BCUT2D eigenvalue weighted by atomic mass is 10.1. The van der Waals surface area contributed by atoms with E-state index in [-0.39, 0.29) is 22.7 Å². The summed E-state index contributed by atoms with van der Waals surface area (Å²) in [5.74, 6) is -0.364. The fourth-order valence-corrected chi connectivity index (χ4v) is 4.36. The second kappa shape index (κ2) is 7.72. The van der Waals surface area contributed by atoms with Crippen molar-refractivity contribution in [2.45, 2.75) is 30.5 Å². The van der Waals surface area contributed by atoms with E-state index in [2.05, 4.69) is 10.0 Å². The summed E-state index contributed by atoms with van der Waals surface area (Å²) in [6.07, 6.45) is 0.787. The number of carbonyl (C=O) groups is 1. The van der Waals surface area contributed by atoms with Crippen molar-refractivity contribution in [1.82, 2.24) is 10.0 Å². The van der Waals surface area contributed by atoms with Gasteiger partial charge in [0, 0.05) is 4.88 Å². The third kappa shape index (κ3) is 4.89. The monoisotopic (exact) mass is 352 g/mol. The lowest BCUT2D eigenvalue weighted by Crippen LogP contribution is -2.37. The molecule has 0 saturated carbocycles. The summed E-state index contributed by atoms with van der Waals surface area (Å²) in [4.78, 5) is 12.9. The number of hydrogen-bond donors (Lipinski definition) is 2. The Morgan fingerprint density at radius 2 is 1.87 bits per heavy atom. The van der Waals surface area contributed by atoms with Gasteiger partial charge in [-0.2, -0.15) is 0 Å². The molecule has 23 heavy (non-hydrogen) atoms. The predicted molar refractivity (Wildman–Crippen MR) is 91.9 cm³/mol. The first-order chi connectivity index (χ1) is 10.9. The van der Waals surface area contributed by atoms with Gasteiger partial charge in [-0.05, 0) is 31.0 Å². The van der Waals surface area contributed by atoms with Crippen LogP contribution in [0.5, 0.6) is 0 Å². The summed E-state index contributed by atoms with van der Waals surface area (Å²) in [5, 5.41) is 2.77. The lowest BCUT2D eigenvalue weighted by molar-refractivity contribution is -0.120. The van der Waals surface area contributed by atoms with Crippen LogP contribution in [0.15, 0.2) is 46.7 Å². The third-order valence-electron chi connectivity index (χ3n) is 3.35. The number of nitrogens with one attached hydrogen (secondary N) is 2. The van der Waals surface area contributed by atoms with E-state index in [9.17, 15) is 13.2 Å². The molecule has 0 aliphatic rings. The molecule has 1 amide bonds. The van der Waals surface area contributed by atoms with Crippen molar-refractivity contribution >= 4 is 27.3 Å². The molecule has 7 heteroatoms. The van der Waals surface area contributed by atoms with Crippen LogP contribution < -0.4 is 10.0 Å². The lowest BCUT2D eigenvalue weighted by Gasteiger charge is -2.14. The van der Waals surface area contributed by atoms with Crippen LogP contribution in [0.3, 0.4) is 0 Å². The predicted octanol–water partition coefficient (Wildman–Crippen LogP) is 2.47. The zero-order valence-corrected chi connectivity index (χ0v) is 14.7. The number of amides is 1. The number of benzene rings is 1. The van der Waals surface area contributed by atoms with Gasteiger partial charge < -0.3 is 5.32 Å².